The van der Waals surface area contributed by atoms with Gasteiger partial charge in [0.2, 0.25) is 0 Å². The molecule has 0 unspecified atom stereocenters. The summed E-state index contributed by atoms with van der Waals surface area (Å²) in [5, 5.41) is 4.87. The van der Waals surface area contributed by atoms with Gasteiger partial charge in [0.25, 0.3) is 0 Å². The molecule has 5 nitrogen and oxygen atoms in total. The fourth-order valence-electron chi connectivity index (χ4n) is 3.07. The number of nitrogens with zero attached hydrogens (tertiary/aromatic N) is 2. The zero-order valence-corrected chi connectivity index (χ0v) is 18.3. The van der Waals surface area contributed by atoms with E-state index in [4.69, 9.17) is 27.9 Å². The number of anilines is 2. The van der Waals surface area contributed by atoms with Gasteiger partial charge >= 0.3 is 5.97 Å². The molecule has 0 fully saturated rings. The third-order valence-corrected chi connectivity index (χ3v) is 6.39. The van der Waals surface area contributed by atoms with Gasteiger partial charge in [-0.1, -0.05) is 59.6 Å². The SMILES string of the molecule is Cc1c(C(=O)OCCc2ccccc2)sc2ncnc(Nc3c(Cl)cccc3Cl)c12. The molecule has 0 radical (unpaired) electrons. The monoisotopic (exact) mass is 457 g/mol. The predicted octanol–water partition coefficient (Wildman–Crippen LogP) is 6.45. The van der Waals surface area contributed by atoms with Crippen LogP contribution in [0.3, 0.4) is 0 Å². The molecule has 2 heterocycles. The molecule has 0 bridgehead atoms. The van der Waals surface area contributed by atoms with Crippen LogP contribution in [0.15, 0.2) is 54.9 Å². The van der Waals surface area contributed by atoms with Crippen molar-refractivity contribution < 1.29 is 9.53 Å². The van der Waals surface area contributed by atoms with Gasteiger partial charge in [-0.3, -0.25) is 0 Å². The summed E-state index contributed by atoms with van der Waals surface area (Å²) in [5.74, 6) is 0.167. The smallest absolute Gasteiger partial charge is 0.348 e. The zero-order valence-electron chi connectivity index (χ0n) is 16.0. The Morgan fingerprint density at radius 1 is 1.07 bits per heavy atom. The molecule has 4 rings (SSSR count). The number of carbonyl (C=O) groups excluding carboxylic acids is 1. The summed E-state index contributed by atoms with van der Waals surface area (Å²) in [6.45, 7) is 2.16. The van der Waals surface area contributed by atoms with Crippen molar-refractivity contribution >= 4 is 62.2 Å². The third-order valence-electron chi connectivity index (χ3n) is 4.59. The van der Waals surface area contributed by atoms with Gasteiger partial charge in [-0.05, 0) is 30.2 Å². The number of nitrogens with one attached hydrogen (secondary N) is 1. The van der Waals surface area contributed by atoms with E-state index in [1.54, 1.807) is 18.2 Å². The number of carbonyl (C=O) groups is 1. The highest BCUT2D eigenvalue weighted by Crippen LogP contribution is 2.38. The normalized spacial score (nSPS) is 10.9. The van der Waals surface area contributed by atoms with Crippen LogP contribution < -0.4 is 5.32 Å². The largest absolute Gasteiger partial charge is 0.461 e. The van der Waals surface area contributed by atoms with Crippen LogP contribution in [0.1, 0.15) is 20.8 Å². The quantitative estimate of drug-likeness (QED) is 0.337. The van der Waals surface area contributed by atoms with Gasteiger partial charge in [0.1, 0.15) is 21.9 Å². The summed E-state index contributed by atoms with van der Waals surface area (Å²) in [6.07, 6.45) is 2.10. The van der Waals surface area contributed by atoms with Crippen LogP contribution in [0.25, 0.3) is 10.2 Å². The molecule has 0 saturated carbocycles. The highest BCUT2D eigenvalue weighted by molar-refractivity contribution is 7.20. The molecule has 8 heteroatoms. The molecule has 30 heavy (non-hydrogen) atoms. The zero-order chi connectivity index (χ0) is 21.1. The lowest BCUT2D eigenvalue weighted by atomic mass is 10.2. The highest BCUT2D eigenvalue weighted by Gasteiger charge is 2.21. The first-order valence-electron chi connectivity index (χ1n) is 9.21. The highest BCUT2D eigenvalue weighted by atomic mass is 35.5. The van der Waals surface area contributed by atoms with Gasteiger partial charge < -0.3 is 10.1 Å². The van der Waals surface area contributed by atoms with Gasteiger partial charge in [0.15, 0.2) is 0 Å². The molecule has 0 aliphatic heterocycles. The minimum absolute atomic E-state index is 0.308. The van der Waals surface area contributed by atoms with Crippen LogP contribution in [0.5, 0.6) is 0 Å². The Morgan fingerprint density at radius 3 is 2.53 bits per heavy atom. The molecule has 4 aromatic rings. The second-order valence-electron chi connectivity index (χ2n) is 6.55. The Balaban J connectivity index is 1.58. The number of fused-ring (bicyclic) bond motifs is 1. The topological polar surface area (TPSA) is 64.1 Å². The molecule has 2 aromatic carbocycles. The number of thiophene rings is 1. The lowest BCUT2D eigenvalue weighted by Crippen LogP contribution is -2.07. The van der Waals surface area contributed by atoms with E-state index in [1.165, 1.54) is 17.7 Å². The number of para-hydroxylation sites is 1. The molecular formula is C22H17Cl2N3O2S. The number of rotatable bonds is 6. The Labute approximate surface area is 187 Å². The van der Waals surface area contributed by atoms with Gasteiger partial charge in [-0.15, -0.1) is 11.3 Å². The average Bonchev–Trinajstić information content (AvgIpc) is 3.09. The summed E-state index contributed by atoms with van der Waals surface area (Å²) in [6, 6.07) is 15.1. The first kappa shape index (κ1) is 20.6. The van der Waals surface area contributed by atoms with Crippen molar-refractivity contribution in [3.8, 4) is 0 Å². The Bertz CT molecular complexity index is 1190. The number of hydrogen-bond acceptors (Lipinski definition) is 6. The lowest BCUT2D eigenvalue weighted by molar-refractivity contribution is 0.0514. The van der Waals surface area contributed by atoms with Gasteiger partial charge in [-0.25, -0.2) is 14.8 Å². The van der Waals surface area contributed by atoms with Crippen LogP contribution in [0, 0.1) is 6.92 Å². The van der Waals surface area contributed by atoms with E-state index in [-0.39, 0.29) is 5.97 Å². The fraction of sp³-hybridized carbons (Fsp3) is 0.136. The van der Waals surface area contributed by atoms with E-state index in [0.29, 0.717) is 44.3 Å². The predicted molar refractivity (Wildman–Crippen MR) is 122 cm³/mol. The standard InChI is InChI=1S/C22H17Cl2N3O2S/c1-13-17-20(27-18-15(23)8-5-9-16(18)24)25-12-26-21(17)30-19(13)22(28)29-11-10-14-6-3-2-4-7-14/h2-9,12H,10-11H2,1H3,(H,25,26,27). The van der Waals surface area contributed by atoms with E-state index in [9.17, 15) is 4.79 Å². The van der Waals surface area contributed by atoms with Crippen LogP contribution in [-0.2, 0) is 11.2 Å². The third kappa shape index (κ3) is 4.26. The molecule has 1 N–H and O–H groups in total. The van der Waals surface area contributed by atoms with E-state index in [1.807, 2.05) is 37.3 Å². The van der Waals surface area contributed by atoms with Crippen molar-refractivity contribution in [1.82, 2.24) is 9.97 Å². The van der Waals surface area contributed by atoms with Crippen LogP contribution in [0.4, 0.5) is 11.5 Å². The number of benzene rings is 2. The van der Waals surface area contributed by atoms with E-state index >= 15 is 0 Å². The van der Waals surface area contributed by atoms with Crippen LogP contribution >= 0.6 is 34.5 Å². The van der Waals surface area contributed by atoms with Crippen molar-refractivity contribution in [2.75, 3.05) is 11.9 Å². The van der Waals surface area contributed by atoms with E-state index in [2.05, 4.69) is 15.3 Å². The molecular weight excluding hydrogens is 441 g/mol. The number of esters is 1. The summed E-state index contributed by atoms with van der Waals surface area (Å²) < 4.78 is 5.50. The maximum atomic E-state index is 12.7. The summed E-state index contributed by atoms with van der Waals surface area (Å²) in [5.41, 5.74) is 2.43. The Kier molecular flexibility index (Phi) is 6.18. The number of aryl methyl sites for hydroxylation is 1. The number of halogens is 2. The minimum atomic E-state index is -0.367. The Morgan fingerprint density at radius 2 is 1.80 bits per heavy atom. The number of aromatic nitrogens is 2. The molecule has 0 aliphatic rings. The van der Waals surface area contributed by atoms with Gasteiger partial charge in [0.05, 0.1) is 27.7 Å². The van der Waals surface area contributed by atoms with Crippen LogP contribution in [-0.4, -0.2) is 22.5 Å². The van der Waals surface area contributed by atoms with Crippen molar-refractivity contribution in [3.05, 3.63) is 80.9 Å². The molecule has 0 saturated heterocycles. The minimum Gasteiger partial charge on any atom is -0.461 e. The Hall–Kier alpha value is -2.67. The average molecular weight is 458 g/mol. The first-order valence-corrected chi connectivity index (χ1v) is 10.8. The van der Waals surface area contributed by atoms with Crippen molar-refractivity contribution in [3.63, 3.8) is 0 Å². The molecule has 0 atom stereocenters. The molecule has 0 amide bonds. The lowest BCUT2D eigenvalue weighted by Gasteiger charge is -2.10. The first-order chi connectivity index (χ1) is 14.5. The summed E-state index contributed by atoms with van der Waals surface area (Å²) >= 11 is 13.8. The van der Waals surface area contributed by atoms with E-state index < -0.39 is 0 Å². The number of ether oxygens (including phenoxy) is 1. The summed E-state index contributed by atoms with van der Waals surface area (Å²) in [7, 11) is 0. The van der Waals surface area contributed by atoms with Crippen molar-refractivity contribution in [1.29, 1.82) is 0 Å². The molecule has 0 spiro atoms. The van der Waals surface area contributed by atoms with Gasteiger partial charge in [0, 0.05) is 6.42 Å². The molecule has 0 aliphatic carbocycles. The second kappa shape index (κ2) is 9.00. The number of hydrogen-bond donors (Lipinski definition) is 1. The fourth-order valence-corrected chi connectivity index (χ4v) is 4.60. The molecule has 2 aromatic heterocycles. The maximum Gasteiger partial charge on any atom is 0.348 e. The summed E-state index contributed by atoms with van der Waals surface area (Å²) in [4.78, 5) is 22.5. The molecule has 152 valence electrons. The second-order valence-corrected chi connectivity index (χ2v) is 8.37. The van der Waals surface area contributed by atoms with Gasteiger partial charge in [-0.2, -0.15) is 0 Å². The van der Waals surface area contributed by atoms with Crippen molar-refractivity contribution in [2.24, 2.45) is 0 Å². The maximum absolute atomic E-state index is 12.7. The van der Waals surface area contributed by atoms with Crippen LogP contribution in [0.2, 0.25) is 10.0 Å². The van der Waals surface area contributed by atoms with Crippen molar-refractivity contribution in [2.45, 2.75) is 13.3 Å². The van der Waals surface area contributed by atoms with E-state index in [0.717, 1.165) is 16.5 Å².